The molecule has 0 aliphatic carbocycles. The monoisotopic (exact) mass is 308 g/mol. The molecule has 0 fully saturated rings. The molecule has 0 saturated carbocycles. The van der Waals surface area contributed by atoms with Crippen molar-refractivity contribution in [3.63, 3.8) is 0 Å². The molecule has 0 radical (unpaired) electrons. The minimum atomic E-state index is 0.482. The minimum absolute atomic E-state index is 0.482. The molecule has 0 spiro atoms. The Balaban J connectivity index is 3.73. The summed E-state index contributed by atoms with van der Waals surface area (Å²) in [4.78, 5) is 1.99. The number of benzene rings is 1. The van der Waals surface area contributed by atoms with E-state index in [-0.39, 0.29) is 0 Å². The predicted octanol–water partition coefficient (Wildman–Crippen LogP) is 6.60. The van der Waals surface area contributed by atoms with Crippen LogP contribution in [0.5, 0.6) is 0 Å². The molecule has 1 rings (SSSR count). The van der Waals surface area contributed by atoms with Gasteiger partial charge in [0.15, 0.2) is 0 Å². The van der Waals surface area contributed by atoms with E-state index in [4.69, 9.17) is 12.6 Å². The maximum absolute atomic E-state index is 4.73. The van der Waals surface area contributed by atoms with Crippen LogP contribution in [0.3, 0.4) is 0 Å². The summed E-state index contributed by atoms with van der Waals surface area (Å²) in [6, 6.07) is 4.70. The van der Waals surface area contributed by atoms with E-state index in [0.29, 0.717) is 17.8 Å². The summed E-state index contributed by atoms with van der Waals surface area (Å²) in [5.41, 5.74) is 5.48. The van der Waals surface area contributed by atoms with Gasteiger partial charge in [-0.1, -0.05) is 53.7 Å². The first-order valence-corrected chi connectivity index (χ1v) is 8.33. The molecule has 0 aliphatic rings. The average molecular weight is 309 g/mol. The summed E-state index contributed by atoms with van der Waals surface area (Å²) in [6.07, 6.45) is 0. The van der Waals surface area contributed by atoms with Gasteiger partial charge in [-0.15, -0.1) is 25.3 Å². The Morgan fingerprint density at radius 2 is 1.20 bits per heavy atom. The van der Waals surface area contributed by atoms with Crippen molar-refractivity contribution in [2.24, 2.45) is 0 Å². The maximum Gasteiger partial charge on any atom is 0.0208 e. The molecule has 0 heterocycles. The van der Waals surface area contributed by atoms with Crippen molar-refractivity contribution < 1.29 is 0 Å². The molecular weight excluding hydrogens is 280 g/mol. The fraction of sp³-hybridized carbons (Fsp3) is 0.556. The zero-order chi connectivity index (χ0) is 15.6. The van der Waals surface area contributed by atoms with E-state index in [2.05, 4.69) is 66.3 Å². The highest BCUT2D eigenvalue weighted by molar-refractivity contribution is 7.93. The van der Waals surface area contributed by atoms with E-state index in [9.17, 15) is 0 Å². The lowest BCUT2D eigenvalue weighted by Crippen LogP contribution is -2.05. The van der Waals surface area contributed by atoms with E-state index in [1.807, 2.05) is 6.92 Å². The molecule has 2 heteroatoms. The lowest BCUT2D eigenvalue weighted by atomic mass is 9.84. The third kappa shape index (κ3) is 3.85. The van der Waals surface area contributed by atoms with Gasteiger partial charge in [-0.3, -0.25) is 0 Å². The first-order chi connectivity index (χ1) is 9.16. The number of hydrogen-bond acceptors (Lipinski definition) is 2. The fourth-order valence-electron chi connectivity index (χ4n) is 2.41. The molecule has 0 nitrogen and oxygen atoms in total. The SMILES string of the molecule is C/C(S)=C(/S)c1c(C(C)C)cc(C(C)C)cc1C(C)C. The zero-order valence-corrected chi connectivity index (χ0v) is 15.6. The van der Waals surface area contributed by atoms with Crippen LogP contribution in [0, 0.1) is 0 Å². The third-order valence-corrected chi connectivity index (χ3v) is 4.67. The van der Waals surface area contributed by atoms with E-state index < -0.39 is 0 Å². The molecular formula is C18H28S2. The van der Waals surface area contributed by atoms with Gasteiger partial charge >= 0.3 is 0 Å². The van der Waals surface area contributed by atoms with Gasteiger partial charge in [-0.25, -0.2) is 0 Å². The van der Waals surface area contributed by atoms with Crippen LogP contribution in [0.25, 0.3) is 4.91 Å². The van der Waals surface area contributed by atoms with Gasteiger partial charge in [0.1, 0.15) is 0 Å². The van der Waals surface area contributed by atoms with Crippen molar-refractivity contribution in [1.29, 1.82) is 0 Å². The van der Waals surface area contributed by atoms with E-state index >= 15 is 0 Å². The number of rotatable bonds is 4. The predicted molar refractivity (Wildman–Crippen MR) is 99.3 cm³/mol. The van der Waals surface area contributed by atoms with Gasteiger partial charge in [0.05, 0.1) is 0 Å². The first-order valence-electron chi connectivity index (χ1n) is 7.43. The van der Waals surface area contributed by atoms with Crippen molar-refractivity contribution in [2.75, 3.05) is 0 Å². The number of allylic oxidation sites excluding steroid dienone is 1. The highest BCUT2D eigenvalue weighted by Gasteiger charge is 2.19. The summed E-state index contributed by atoms with van der Waals surface area (Å²) in [5.74, 6) is 1.51. The van der Waals surface area contributed by atoms with Crippen LogP contribution in [0.1, 0.15) is 88.5 Å². The molecule has 0 aromatic heterocycles. The van der Waals surface area contributed by atoms with Gasteiger partial charge in [0.25, 0.3) is 0 Å². The van der Waals surface area contributed by atoms with Crippen LogP contribution in [-0.2, 0) is 0 Å². The molecule has 20 heavy (non-hydrogen) atoms. The van der Waals surface area contributed by atoms with E-state index in [0.717, 1.165) is 9.81 Å². The number of thiol groups is 2. The van der Waals surface area contributed by atoms with E-state index in [1.165, 1.54) is 22.3 Å². The van der Waals surface area contributed by atoms with Crippen LogP contribution >= 0.6 is 25.3 Å². The molecule has 0 amide bonds. The second kappa shape index (κ2) is 7.09. The zero-order valence-electron chi connectivity index (χ0n) is 13.8. The first kappa shape index (κ1) is 17.7. The molecule has 0 bridgehead atoms. The van der Waals surface area contributed by atoms with Gasteiger partial charge in [-0.2, -0.15) is 0 Å². The largest absolute Gasteiger partial charge is 0.147 e. The Hall–Kier alpha value is -0.340. The topological polar surface area (TPSA) is 0 Å². The lowest BCUT2D eigenvalue weighted by Gasteiger charge is -2.23. The van der Waals surface area contributed by atoms with Gasteiger partial charge < -0.3 is 0 Å². The number of hydrogen-bond donors (Lipinski definition) is 2. The van der Waals surface area contributed by atoms with Crippen LogP contribution in [0.2, 0.25) is 0 Å². The standard InChI is InChI=1S/C18H28S2/c1-10(2)14-8-15(11(3)4)17(18(20)13(7)19)16(9-14)12(5)6/h8-12,19-20H,1-7H3/b18-13-. The summed E-state index contributed by atoms with van der Waals surface area (Å²) in [7, 11) is 0. The normalized spacial score (nSPS) is 13.4. The molecule has 1 aromatic rings. The molecule has 1 aromatic carbocycles. The van der Waals surface area contributed by atoms with Crippen LogP contribution < -0.4 is 0 Å². The van der Waals surface area contributed by atoms with Crippen LogP contribution in [-0.4, -0.2) is 0 Å². The summed E-state index contributed by atoms with van der Waals surface area (Å²) in [6.45, 7) is 15.5. The second-order valence-corrected chi connectivity index (χ2v) is 7.59. The van der Waals surface area contributed by atoms with Gasteiger partial charge in [0.2, 0.25) is 0 Å². The van der Waals surface area contributed by atoms with Crippen LogP contribution in [0.15, 0.2) is 17.0 Å². The molecule has 0 saturated heterocycles. The molecule has 0 unspecified atom stereocenters. The molecule has 112 valence electrons. The van der Waals surface area contributed by atoms with Crippen molar-refractivity contribution in [1.82, 2.24) is 0 Å². The van der Waals surface area contributed by atoms with Crippen molar-refractivity contribution in [2.45, 2.75) is 66.2 Å². The van der Waals surface area contributed by atoms with Crippen molar-refractivity contribution in [3.8, 4) is 0 Å². The van der Waals surface area contributed by atoms with Crippen molar-refractivity contribution in [3.05, 3.63) is 39.3 Å². The second-order valence-electron chi connectivity index (χ2n) is 6.47. The van der Waals surface area contributed by atoms with Crippen LogP contribution in [0.4, 0.5) is 0 Å². The molecule has 0 aliphatic heterocycles. The third-order valence-electron chi connectivity index (χ3n) is 3.71. The van der Waals surface area contributed by atoms with Gasteiger partial charge in [-0.05, 0) is 51.8 Å². The Kier molecular flexibility index (Phi) is 6.27. The smallest absolute Gasteiger partial charge is 0.0208 e. The fourth-order valence-corrected chi connectivity index (χ4v) is 2.78. The Morgan fingerprint density at radius 1 is 0.800 bits per heavy atom. The highest BCUT2D eigenvalue weighted by Crippen LogP contribution is 2.39. The van der Waals surface area contributed by atoms with E-state index in [1.54, 1.807) is 0 Å². The minimum Gasteiger partial charge on any atom is -0.147 e. The van der Waals surface area contributed by atoms with Crippen molar-refractivity contribution >= 4 is 30.2 Å². The quantitative estimate of drug-likeness (QED) is 0.575. The Bertz CT molecular complexity index is 475. The summed E-state index contributed by atoms with van der Waals surface area (Å²) < 4.78 is 0. The Morgan fingerprint density at radius 3 is 1.45 bits per heavy atom. The molecule has 0 atom stereocenters. The Labute approximate surface area is 135 Å². The highest BCUT2D eigenvalue weighted by atomic mass is 32.1. The maximum atomic E-state index is 4.73. The lowest BCUT2D eigenvalue weighted by molar-refractivity contribution is 0.800. The molecule has 0 N–H and O–H groups in total. The summed E-state index contributed by atoms with van der Waals surface area (Å²) in [5, 5.41) is 0. The summed E-state index contributed by atoms with van der Waals surface area (Å²) >= 11 is 9.24. The van der Waals surface area contributed by atoms with Gasteiger partial charge in [0, 0.05) is 4.91 Å². The average Bonchev–Trinajstić information content (AvgIpc) is 2.35.